The van der Waals surface area contributed by atoms with Gasteiger partial charge in [-0.25, -0.2) is 4.79 Å². The van der Waals surface area contributed by atoms with Gasteiger partial charge in [0.2, 0.25) is 0 Å². The normalized spacial score (nSPS) is 9.78. The summed E-state index contributed by atoms with van der Waals surface area (Å²) in [5.41, 5.74) is 1.22. The number of non-ortho nitro benzene ring substituents is 1. The maximum Gasteiger partial charge on any atom is 0.339 e. The summed E-state index contributed by atoms with van der Waals surface area (Å²) in [5.74, 6) is -0.494. The minimum Gasteiger partial charge on any atom is -0.465 e. The zero-order valence-corrected chi connectivity index (χ0v) is 12.9. The predicted molar refractivity (Wildman–Crippen MR) is 90.7 cm³/mol. The third-order valence-corrected chi connectivity index (χ3v) is 3.10. The van der Waals surface area contributed by atoms with Crippen molar-refractivity contribution in [3.63, 3.8) is 0 Å². The lowest BCUT2D eigenvalue weighted by molar-refractivity contribution is -0.384. The van der Waals surface area contributed by atoms with Gasteiger partial charge in [-0.1, -0.05) is 18.2 Å². The number of anilines is 2. The van der Waals surface area contributed by atoms with Gasteiger partial charge in [-0.2, -0.15) is 0 Å². The second-order valence-electron chi connectivity index (χ2n) is 4.42. The van der Waals surface area contributed by atoms with Crippen LogP contribution in [0.5, 0.6) is 0 Å². The van der Waals surface area contributed by atoms with Gasteiger partial charge in [0.05, 0.1) is 23.3 Å². The molecule has 0 aliphatic heterocycles. The van der Waals surface area contributed by atoms with Crippen LogP contribution < -0.4 is 10.6 Å². The van der Waals surface area contributed by atoms with Gasteiger partial charge in [0.1, 0.15) is 0 Å². The first-order chi connectivity index (χ1) is 11.0. The molecule has 23 heavy (non-hydrogen) atoms. The second kappa shape index (κ2) is 7.32. The van der Waals surface area contributed by atoms with Crippen molar-refractivity contribution >= 4 is 40.4 Å². The number of nitrogens with zero attached hydrogens (tertiary/aromatic N) is 1. The first-order valence-electron chi connectivity index (χ1n) is 6.51. The van der Waals surface area contributed by atoms with Crippen molar-refractivity contribution in [2.75, 3.05) is 17.7 Å². The fourth-order valence-electron chi connectivity index (χ4n) is 1.86. The van der Waals surface area contributed by atoms with Crippen molar-refractivity contribution < 1.29 is 14.5 Å². The minimum absolute atomic E-state index is 0.0484. The van der Waals surface area contributed by atoms with Gasteiger partial charge in [-0.3, -0.25) is 10.1 Å². The highest BCUT2D eigenvalue weighted by molar-refractivity contribution is 7.80. The number of esters is 1. The van der Waals surface area contributed by atoms with Crippen molar-refractivity contribution in [3.05, 3.63) is 64.2 Å². The zero-order valence-electron chi connectivity index (χ0n) is 12.1. The summed E-state index contributed by atoms with van der Waals surface area (Å²) in [6.45, 7) is 0. The Morgan fingerprint density at radius 2 is 1.91 bits per heavy atom. The molecule has 0 atom stereocenters. The number of ether oxygens (including phenoxy) is 1. The van der Waals surface area contributed by atoms with Gasteiger partial charge in [0, 0.05) is 17.8 Å². The smallest absolute Gasteiger partial charge is 0.339 e. The molecule has 0 saturated heterocycles. The van der Waals surface area contributed by atoms with E-state index in [2.05, 4.69) is 10.6 Å². The predicted octanol–water partition coefficient (Wildman–Crippen LogP) is 3.19. The van der Waals surface area contributed by atoms with Crippen LogP contribution in [-0.4, -0.2) is 23.1 Å². The first kappa shape index (κ1) is 16.4. The van der Waals surface area contributed by atoms with Crippen LogP contribution >= 0.6 is 12.2 Å². The monoisotopic (exact) mass is 331 g/mol. The lowest BCUT2D eigenvalue weighted by Crippen LogP contribution is -2.21. The van der Waals surface area contributed by atoms with E-state index in [0.717, 1.165) is 0 Å². The summed E-state index contributed by atoms with van der Waals surface area (Å²) in [5, 5.41) is 16.7. The summed E-state index contributed by atoms with van der Waals surface area (Å²) < 4.78 is 4.70. The molecule has 0 amide bonds. The van der Waals surface area contributed by atoms with Gasteiger partial charge in [-0.05, 0) is 30.4 Å². The molecule has 0 unspecified atom stereocenters. The van der Waals surface area contributed by atoms with Crippen LogP contribution in [-0.2, 0) is 4.74 Å². The Kier molecular flexibility index (Phi) is 5.21. The fourth-order valence-corrected chi connectivity index (χ4v) is 2.09. The molecule has 2 rings (SSSR count). The number of carbonyl (C=O) groups is 1. The van der Waals surface area contributed by atoms with E-state index < -0.39 is 10.9 Å². The van der Waals surface area contributed by atoms with Crippen LogP contribution in [0.25, 0.3) is 0 Å². The van der Waals surface area contributed by atoms with E-state index in [4.69, 9.17) is 17.0 Å². The Balaban J connectivity index is 2.13. The Hall–Kier alpha value is -3.00. The highest BCUT2D eigenvalue weighted by Gasteiger charge is 2.12. The molecule has 2 N–H and O–H groups in total. The molecular weight excluding hydrogens is 318 g/mol. The van der Waals surface area contributed by atoms with Crippen LogP contribution in [0.4, 0.5) is 17.1 Å². The number of thiocarbonyl (C=S) groups is 1. The van der Waals surface area contributed by atoms with Crippen LogP contribution in [0.15, 0.2) is 48.5 Å². The quantitative estimate of drug-likeness (QED) is 0.384. The molecule has 0 aromatic heterocycles. The highest BCUT2D eigenvalue weighted by atomic mass is 32.1. The molecule has 0 saturated carbocycles. The second-order valence-corrected chi connectivity index (χ2v) is 4.83. The number of carbonyl (C=O) groups excluding carboxylic acids is 1. The van der Waals surface area contributed by atoms with E-state index >= 15 is 0 Å². The number of nitro benzene ring substituents is 1. The maximum atomic E-state index is 11.7. The Bertz CT molecular complexity index is 764. The van der Waals surface area contributed by atoms with Gasteiger partial charge in [0.25, 0.3) is 5.69 Å². The first-order valence-corrected chi connectivity index (χ1v) is 6.92. The maximum absolute atomic E-state index is 11.7. The molecule has 0 aliphatic carbocycles. The molecule has 0 fully saturated rings. The van der Waals surface area contributed by atoms with Gasteiger partial charge in [0.15, 0.2) is 5.11 Å². The molecule has 8 heteroatoms. The number of benzene rings is 2. The summed E-state index contributed by atoms with van der Waals surface area (Å²) in [4.78, 5) is 22.0. The Morgan fingerprint density at radius 1 is 1.17 bits per heavy atom. The molecule has 0 heterocycles. The summed E-state index contributed by atoms with van der Waals surface area (Å²) >= 11 is 5.17. The molecule has 2 aromatic carbocycles. The van der Waals surface area contributed by atoms with E-state index in [1.807, 2.05) is 0 Å². The molecular formula is C15H13N3O4S. The lowest BCUT2D eigenvalue weighted by Gasteiger charge is -2.13. The van der Waals surface area contributed by atoms with Gasteiger partial charge >= 0.3 is 5.97 Å². The summed E-state index contributed by atoms with van der Waals surface area (Å²) in [6, 6.07) is 12.7. The highest BCUT2D eigenvalue weighted by Crippen LogP contribution is 2.19. The Labute approximate surface area is 137 Å². The summed E-state index contributed by atoms with van der Waals surface area (Å²) in [6.07, 6.45) is 0. The zero-order chi connectivity index (χ0) is 16.8. The molecule has 0 bridgehead atoms. The van der Waals surface area contributed by atoms with E-state index in [-0.39, 0.29) is 10.8 Å². The van der Waals surface area contributed by atoms with Crippen LogP contribution in [0, 0.1) is 10.1 Å². The number of rotatable bonds is 4. The van der Waals surface area contributed by atoms with Crippen molar-refractivity contribution in [1.82, 2.24) is 0 Å². The molecule has 0 aliphatic rings. The number of hydrogen-bond acceptors (Lipinski definition) is 5. The summed E-state index contributed by atoms with van der Waals surface area (Å²) in [7, 11) is 1.29. The van der Waals surface area contributed by atoms with E-state index in [1.165, 1.54) is 19.2 Å². The van der Waals surface area contributed by atoms with E-state index in [0.29, 0.717) is 16.9 Å². The molecule has 118 valence electrons. The topological polar surface area (TPSA) is 93.5 Å². The average Bonchev–Trinajstić information content (AvgIpc) is 2.54. The van der Waals surface area contributed by atoms with Gasteiger partial charge in [-0.15, -0.1) is 0 Å². The number of nitro groups is 1. The average molecular weight is 331 g/mol. The number of hydrogen-bond donors (Lipinski definition) is 2. The third kappa shape index (κ3) is 4.24. The van der Waals surface area contributed by atoms with Crippen LogP contribution in [0.1, 0.15) is 10.4 Å². The number of nitrogens with one attached hydrogen (secondary N) is 2. The lowest BCUT2D eigenvalue weighted by atomic mass is 10.2. The van der Waals surface area contributed by atoms with E-state index in [9.17, 15) is 14.9 Å². The Morgan fingerprint density at radius 3 is 2.61 bits per heavy atom. The van der Waals surface area contributed by atoms with Crippen molar-refractivity contribution in [1.29, 1.82) is 0 Å². The fraction of sp³-hybridized carbons (Fsp3) is 0.0667. The molecule has 7 nitrogen and oxygen atoms in total. The number of para-hydroxylation sites is 1. The van der Waals surface area contributed by atoms with E-state index in [1.54, 1.807) is 36.4 Å². The van der Waals surface area contributed by atoms with Gasteiger partial charge < -0.3 is 15.4 Å². The van der Waals surface area contributed by atoms with Crippen molar-refractivity contribution in [3.8, 4) is 0 Å². The van der Waals surface area contributed by atoms with Crippen molar-refractivity contribution in [2.45, 2.75) is 0 Å². The number of methoxy groups -OCH3 is 1. The van der Waals surface area contributed by atoms with Crippen LogP contribution in [0.2, 0.25) is 0 Å². The minimum atomic E-state index is -0.494. The largest absolute Gasteiger partial charge is 0.465 e. The molecule has 0 radical (unpaired) electrons. The van der Waals surface area contributed by atoms with Crippen LogP contribution in [0.3, 0.4) is 0 Å². The molecule has 2 aromatic rings. The van der Waals surface area contributed by atoms with Crippen molar-refractivity contribution in [2.24, 2.45) is 0 Å². The SMILES string of the molecule is COC(=O)c1ccccc1NC(=S)Nc1cccc([N+](=O)[O-])c1. The molecule has 0 spiro atoms. The standard InChI is InChI=1S/C15H13N3O4S/c1-22-14(19)12-7-2-3-8-13(12)17-15(23)16-10-5-4-6-11(9-10)18(20)21/h2-9H,1H3,(H2,16,17,23). The third-order valence-electron chi connectivity index (χ3n) is 2.90.